The maximum absolute atomic E-state index is 11.9. The molecule has 1 aromatic rings. The van der Waals surface area contributed by atoms with Crippen molar-refractivity contribution in [1.29, 1.82) is 0 Å². The van der Waals surface area contributed by atoms with Crippen LogP contribution in [0.25, 0.3) is 6.08 Å². The molecule has 0 heterocycles. The van der Waals surface area contributed by atoms with Crippen molar-refractivity contribution in [2.24, 2.45) is 0 Å². The second-order valence-electron chi connectivity index (χ2n) is 2.49. The molecule has 0 fully saturated rings. The van der Waals surface area contributed by atoms with Gasteiger partial charge in [0.05, 0.1) is 0 Å². The third kappa shape index (κ3) is 3.12. The van der Waals surface area contributed by atoms with Crippen LogP contribution in [0, 0.1) is 6.92 Å². The fourth-order valence-electron chi connectivity index (χ4n) is 0.963. The van der Waals surface area contributed by atoms with Gasteiger partial charge >= 0.3 is 6.36 Å². The minimum atomic E-state index is -4.66. The van der Waals surface area contributed by atoms with E-state index in [1.54, 1.807) is 6.07 Å². The van der Waals surface area contributed by atoms with Crippen molar-refractivity contribution in [3.05, 3.63) is 42.8 Å². The maximum Gasteiger partial charge on any atom is 0.573 e. The number of hydrogen-bond acceptors (Lipinski definition) is 1. The largest absolute Gasteiger partial charge is 0.573 e. The van der Waals surface area contributed by atoms with Crippen LogP contribution in [0.5, 0.6) is 5.75 Å². The summed E-state index contributed by atoms with van der Waals surface area (Å²) in [5.41, 5.74) is 0.347. The van der Waals surface area contributed by atoms with E-state index in [0.717, 1.165) is 0 Å². The van der Waals surface area contributed by atoms with Gasteiger partial charge in [-0.3, -0.25) is 0 Å². The monoisotopic (exact) mass is 201 g/mol. The number of halogens is 3. The van der Waals surface area contributed by atoms with Crippen LogP contribution < -0.4 is 4.74 Å². The quantitative estimate of drug-likeness (QED) is 0.712. The topological polar surface area (TPSA) is 9.23 Å². The van der Waals surface area contributed by atoms with E-state index in [1.165, 1.54) is 30.4 Å². The number of ether oxygens (including phenoxy) is 1. The number of para-hydroxylation sites is 1. The molecule has 0 N–H and O–H groups in total. The molecule has 0 amide bonds. The number of allylic oxidation sites excluding steroid dienone is 1. The first-order valence-corrected chi connectivity index (χ1v) is 3.83. The highest BCUT2D eigenvalue weighted by atomic mass is 19.4. The van der Waals surface area contributed by atoms with Gasteiger partial charge in [-0.25, -0.2) is 0 Å². The van der Waals surface area contributed by atoms with Crippen LogP contribution >= 0.6 is 0 Å². The van der Waals surface area contributed by atoms with Gasteiger partial charge in [-0.15, -0.1) is 13.2 Å². The minimum Gasteiger partial charge on any atom is -0.405 e. The molecule has 4 heteroatoms. The van der Waals surface area contributed by atoms with Crippen LogP contribution in [0.15, 0.2) is 30.3 Å². The molecule has 0 bridgehead atoms. The molecule has 75 valence electrons. The highest BCUT2D eigenvalue weighted by Crippen LogP contribution is 2.26. The van der Waals surface area contributed by atoms with Crippen LogP contribution in [0.1, 0.15) is 5.56 Å². The summed E-state index contributed by atoms with van der Waals surface area (Å²) in [5.74, 6) is -0.222. The highest BCUT2D eigenvalue weighted by Gasteiger charge is 2.31. The summed E-state index contributed by atoms with van der Waals surface area (Å²) >= 11 is 0. The van der Waals surface area contributed by atoms with Crippen molar-refractivity contribution in [3.63, 3.8) is 0 Å². The lowest BCUT2D eigenvalue weighted by molar-refractivity contribution is -0.274. The van der Waals surface area contributed by atoms with E-state index in [-0.39, 0.29) is 5.75 Å². The highest BCUT2D eigenvalue weighted by molar-refractivity contribution is 5.57. The first-order chi connectivity index (χ1) is 6.53. The van der Waals surface area contributed by atoms with Gasteiger partial charge in [0.15, 0.2) is 0 Å². The summed E-state index contributed by atoms with van der Waals surface area (Å²) in [6.45, 7) is 3.40. The molecule has 0 aliphatic rings. The third-order valence-electron chi connectivity index (χ3n) is 1.44. The van der Waals surface area contributed by atoms with E-state index in [4.69, 9.17) is 0 Å². The van der Waals surface area contributed by atoms with Crippen LogP contribution in [0.4, 0.5) is 13.2 Å². The Hall–Kier alpha value is -1.45. The average Bonchev–Trinajstić information content (AvgIpc) is 2.06. The minimum absolute atomic E-state index is 0.222. The molecular formula is C10H8F3O. The third-order valence-corrected chi connectivity index (χ3v) is 1.44. The molecule has 0 unspecified atom stereocenters. The Kier molecular flexibility index (Phi) is 3.17. The maximum atomic E-state index is 11.9. The molecule has 0 saturated carbocycles. The summed E-state index contributed by atoms with van der Waals surface area (Å²) in [7, 11) is 0. The Morgan fingerprint density at radius 3 is 2.43 bits per heavy atom. The second-order valence-corrected chi connectivity index (χ2v) is 2.49. The van der Waals surface area contributed by atoms with Crippen LogP contribution in [0.3, 0.4) is 0 Å². The molecule has 1 rings (SSSR count). The lowest BCUT2D eigenvalue weighted by Crippen LogP contribution is -2.17. The number of hydrogen-bond donors (Lipinski definition) is 0. The zero-order valence-electron chi connectivity index (χ0n) is 7.21. The van der Waals surface area contributed by atoms with E-state index in [1.807, 2.05) is 0 Å². The molecule has 0 aromatic heterocycles. The molecule has 0 atom stereocenters. The SMILES string of the molecule is [CH2]C=Cc1ccccc1OC(F)(F)F. The van der Waals surface area contributed by atoms with Crippen molar-refractivity contribution in [2.75, 3.05) is 0 Å². The van der Waals surface area contributed by atoms with E-state index in [9.17, 15) is 13.2 Å². The van der Waals surface area contributed by atoms with Gasteiger partial charge in [-0.1, -0.05) is 30.4 Å². The predicted octanol–water partition coefficient (Wildman–Crippen LogP) is 3.43. The number of alkyl halides is 3. The first kappa shape index (κ1) is 10.6. The fraction of sp³-hybridized carbons (Fsp3) is 0.100. The van der Waals surface area contributed by atoms with E-state index < -0.39 is 6.36 Å². The zero-order valence-corrected chi connectivity index (χ0v) is 7.21. The number of benzene rings is 1. The summed E-state index contributed by atoms with van der Waals surface area (Å²) < 4.78 is 39.5. The Balaban J connectivity index is 2.96. The molecule has 1 nitrogen and oxygen atoms in total. The molecule has 0 aliphatic heterocycles. The Bertz CT molecular complexity index is 328. The molecule has 1 aromatic carbocycles. The van der Waals surface area contributed by atoms with Gasteiger partial charge in [-0.2, -0.15) is 0 Å². The van der Waals surface area contributed by atoms with Crippen molar-refractivity contribution < 1.29 is 17.9 Å². The smallest absolute Gasteiger partial charge is 0.405 e. The Labute approximate surface area is 79.8 Å². The van der Waals surface area contributed by atoms with Crippen molar-refractivity contribution in [3.8, 4) is 5.75 Å². The lowest BCUT2D eigenvalue weighted by Gasteiger charge is -2.10. The van der Waals surface area contributed by atoms with E-state index >= 15 is 0 Å². The van der Waals surface area contributed by atoms with Crippen molar-refractivity contribution in [1.82, 2.24) is 0 Å². The normalized spacial score (nSPS) is 12.0. The second kappa shape index (κ2) is 4.17. The zero-order chi connectivity index (χ0) is 10.6. The first-order valence-electron chi connectivity index (χ1n) is 3.83. The van der Waals surface area contributed by atoms with Gasteiger partial charge in [-0.05, 0) is 13.0 Å². The van der Waals surface area contributed by atoms with Gasteiger partial charge in [0.2, 0.25) is 0 Å². The number of rotatable bonds is 2. The van der Waals surface area contributed by atoms with Crippen LogP contribution in [-0.4, -0.2) is 6.36 Å². The fourth-order valence-corrected chi connectivity index (χ4v) is 0.963. The van der Waals surface area contributed by atoms with Gasteiger partial charge in [0.25, 0.3) is 0 Å². The van der Waals surface area contributed by atoms with Crippen LogP contribution in [0.2, 0.25) is 0 Å². The summed E-state index contributed by atoms with van der Waals surface area (Å²) in [4.78, 5) is 0. The lowest BCUT2D eigenvalue weighted by atomic mass is 10.2. The average molecular weight is 201 g/mol. The summed E-state index contributed by atoms with van der Waals surface area (Å²) in [6.07, 6.45) is -1.81. The molecule has 1 radical (unpaired) electrons. The van der Waals surface area contributed by atoms with Crippen LogP contribution in [-0.2, 0) is 0 Å². The van der Waals surface area contributed by atoms with E-state index in [2.05, 4.69) is 11.7 Å². The molecular weight excluding hydrogens is 193 g/mol. The molecule has 0 saturated heterocycles. The molecule has 0 spiro atoms. The molecule has 0 aliphatic carbocycles. The van der Waals surface area contributed by atoms with Gasteiger partial charge < -0.3 is 4.74 Å². The van der Waals surface area contributed by atoms with Gasteiger partial charge in [0.1, 0.15) is 5.75 Å². The molecule has 14 heavy (non-hydrogen) atoms. The van der Waals surface area contributed by atoms with Crippen molar-refractivity contribution in [2.45, 2.75) is 6.36 Å². The standard InChI is InChI=1S/C10H8F3O/c1-2-5-8-6-3-4-7-9(8)14-10(11,12)13/h2-7H,1H2. The van der Waals surface area contributed by atoms with Crippen molar-refractivity contribution >= 4 is 6.08 Å². The Morgan fingerprint density at radius 1 is 1.21 bits per heavy atom. The summed E-state index contributed by atoms with van der Waals surface area (Å²) in [5, 5.41) is 0. The predicted molar refractivity (Wildman–Crippen MR) is 47.5 cm³/mol. The summed E-state index contributed by atoms with van der Waals surface area (Å²) in [6, 6.07) is 5.87. The van der Waals surface area contributed by atoms with E-state index in [0.29, 0.717) is 5.56 Å². The van der Waals surface area contributed by atoms with Gasteiger partial charge in [0, 0.05) is 5.56 Å². The Morgan fingerprint density at radius 2 is 1.86 bits per heavy atom.